The number of pyridine rings is 1. The van der Waals surface area contributed by atoms with Crippen molar-refractivity contribution in [1.82, 2.24) is 9.55 Å². The van der Waals surface area contributed by atoms with Crippen molar-refractivity contribution in [3.05, 3.63) is 50.6 Å². The normalized spacial score (nSPS) is 11.0. The fourth-order valence-corrected chi connectivity index (χ4v) is 2.96. The van der Waals surface area contributed by atoms with Crippen LogP contribution >= 0.6 is 11.3 Å². The van der Waals surface area contributed by atoms with E-state index in [2.05, 4.69) is 4.98 Å². The Balaban J connectivity index is 2.07. The average Bonchev–Trinajstić information content (AvgIpc) is 2.79. The van der Waals surface area contributed by atoms with Crippen LogP contribution in [-0.4, -0.2) is 16.7 Å². The number of methoxy groups -OCH3 is 1. The minimum absolute atomic E-state index is 0.0155. The van der Waals surface area contributed by atoms with E-state index in [1.54, 1.807) is 11.7 Å². The smallest absolute Gasteiger partial charge is 0.307 e. The van der Waals surface area contributed by atoms with Gasteiger partial charge in [0.05, 0.1) is 19.2 Å². The summed E-state index contributed by atoms with van der Waals surface area (Å²) in [7, 11) is 1.62. The number of hydrogen-bond donors (Lipinski definition) is 1. The summed E-state index contributed by atoms with van der Waals surface area (Å²) in [6.07, 6.45) is 0. The largest absolute Gasteiger partial charge is 0.497 e. The standard InChI is InChI=1S/C15H15N3O2S/c1-9-8-21-15(19)18(9)7-11-5-10-3-4-12(20-2)6-13(10)17-14(11)16/h3-6,8H,7H2,1-2H3,(H2,16,17). The first kappa shape index (κ1) is 13.6. The zero-order valence-electron chi connectivity index (χ0n) is 11.8. The highest BCUT2D eigenvalue weighted by atomic mass is 32.1. The van der Waals surface area contributed by atoms with Gasteiger partial charge in [-0.25, -0.2) is 4.98 Å². The fraction of sp³-hybridized carbons (Fsp3) is 0.200. The Hall–Kier alpha value is -2.34. The van der Waals surface area contributed by atoms with Crippen molar-refractivity contribution >= 4 is 28.1 Å². The molecule has 1 aromatic carbocycles. The number of thiazole rings is 1. The van der Waals surface area contributed by atoms with Crippen molar-refractivity contribution in [2.24, 2.45) is 0 Å². The molecule has 0 fully saturated rings. The molecule has 0 spiro atoms. The number of hydrogen-bond acceptors (Lipinski definition) is 5. The second kappa shape index (κ2) is 5.21. The third kappa shape index (κ3) is 2.50. The minimum atomic E-state index is 0.0155. The minimum Gasteiger partial charge on any atom is -0.497 e. The van der Waals surface area contributed by atoms with E-state index < -0.39 is 0 Å². The lowest BCUT2D eigenvalue weighted by atomic mass is 10.1. The molecule has 0 atom stereocenters. The summed E-state index contributed by atoms with van der Waals surface area (Å²) in [5, 5.41) is 2.82. The molecule has 0 saturated heterocycles. The zero-order valence-corrected chi connectivity index (χ0v) is 12.6. The number of anilines is 1. The van der Waals surface area contributed by atoms with Gasteiger partial charge >= 0.3 is 4.87 Å². The summed E-state index contributed by atoms with van der Waals surface area (Å²) in [6.45, 7) is 2.35. The molecular weight excluding hydrogens is 286 g/mol. The van der Waals surface area contributed by atoms with Crippen LogP contribution in [0.15, 0.2) is 34.4 Å². The molecule has 3 rings (SSSR count). The number of benzene rings is 1. The lowest BCUT2D eigenvalue weighted by molar-refractivity contribution is 0.415. The van der Waals surface area contributed by atoms with E-state index in [1.807, 2.05) is 36.6 Å². The van der Waals surface area contributed by atoms with Gasteiger partial charge in [-0.05, 0) is 25.1 Å². The Kier molecular flexibility index (Phi) is 3.39. The summed E-state index contributed by atoms with van der Waals surface area (Å²) >= 11 is 1.19. The first-order chi connectivity index (χ1) is 10.1. The number of rotatable bonds is 3. The molecule has 0 saturated carbocycles. The van der Waals surface area contributed by atoms with E-state index in [9.17, 15) is 4.79 Å². The molecule has 0 unspecified atom stereocenters. The van der Waals surface area contributed by atoms with Gasteiger partial charge in [0.25, 0.3) is 0 Å². The van der Waals surface area contributed by atoms with Gasteiger partial charge in [-0.3, -0.25) is 9.36 Å². The zero-order chi connectivity index (χ0) is 15.0. The molecule has 0 amide bonds. The second-order valence-electron chi connectivity index (χ2n) is 4.82. The predicted octanol–water partition coefficient (Wildman–Crippen LogP) is 2.41. The number of fused-ring (bicyclic) bond motifs is 1. The van der Waals surface area contributed by atoms with E-state index in [0.717, 1.165) is 27.9 Å². The summed E-state index contributed by atoms with van der Waals surface area (Å²) in [5.74, 6) is 1.18. The van der Waals surface area contributed by atoms with Crippen LogP contribution in [0.3, 0.4) is 0 Å². The molecule has 3 aromatic rings. The molecule has 2 heterocycles. The molecule has 108 valence electrons. The summed E-state index contributed by atoms with van der Waals surface area (Å²) in [5.41, 5.74) is 8.59. The molecule has 0 bridgehead atoms. The Morgan fingerprint density at radius 3 is 2.86 bits per heavy atom. The van der Waals surface area contributed by atoms with Gasteiger partial charge in [-0.1, -0.05) is 11.3 Å². The molecule has 6 heteroatoms. The Bertz CT molecular complexity index is 867. The molecular formula is C15H15N3O2S. The van der Waals surface area contributed by atoms with E-state index in [4.69, 9.17) is 10.5 Å². The van der Waals surface area contributed by atoms with E-state index >= 15 is 0 Å². The van der Waals surface area contributed by atoms with Crippen LogP contribution in [0.4, 0.5) is 5.82 Å². The van der Waals surface area contributed by atoms with Gasteiger partial charge < -0.3 is 10.5 Å². The van der Waals surface area contributed by atoms with Crippen LogP contribution in [0.25, 0.3) is 10.9 Å². The number of nitrogen functional groups attached to an aromatic ring is 1. The highest BCUT2D eigenvalue weighted by molar-refractivity contribution is 7.07. The summed E-state index contributed by atoms with van der Waals surface area (Å²) in [4.78, 5) is 16.2. The van der Waals surface area contributed by atoms with Gasteiger partial charge in [0.1, 0.15) is 11.6 Å². The van der Waals surface area contributed by atoms with Gasteiger partial charge in [0, 0.05) is 28.1 Å². The highest BCUT2D eigenvalue weighted by Gasteiger charge is 2.09. The summed E-state index contributed by atoms with van der Waals surface area (Å²) in [6, 6.07) is 7.64. The Morgan fingerprint density at radius 2 is 2.19 bits per heavy atom. The second-order valence-corrected chi connectivity index (χ2v) is 5.64. The number of nitrogens with two attached hydrogens (primary N) is 1. The molecule has 0 radical (unpaired) electrons. The van der Waals surface area contributed by atoms with Crippen molar-refractivity contribution in [3.8, 4) is 5.75 Å². The number of ether oxygens (including phenoxy) is 1. The van der Waals surface area contributed by atoms with Gasteiger partial charge in [-0.15, -0.1) is 0 Å². The maximum atomic E-state index is 11.8. The topological polar surface area (TPSA) is 70.1 Å². The monoisotopic (exact) mass is 301 g/mol. The quantitative estimate of drug-likeness (QED) is 0.806. The molecule has 0 aliphatic heterocycles. The maximum Gasteiger partial charge on any atom is 0.307 e. The first-order valence-electron chi connectivity index (χ1n) is 6.46. The highest BCUT2D eigenvalue weighted by Crippen LogP contribution is 2.23. The lowest BCUT2D eigenvalue weighted by Crippen LogP contribution is -2.16. The average molecular weight is 301 g/mol. The van der Waals surface area contributed by atoms with Crippen molar-refractivity contribution in [3.63, 3.8) is 0 Å². The molecule has 2 aromatic heterocycles. The van der Waals surface area contributed by atoms with Gasteiger partial charge in [-0.2, -0.15) is 0 Å². The van der Waals surface area contributed by atoms with Crippen LogP contribution < -0.4 is 15.3 Å². The van der Waals surface area contributed by atoms with Gasteiger partial charge in [0.15, 0.2) is 0 Å². The van der Waals surface area contributed by atoms with Crippen molar-refractivity contribution in [2.45, 2.75) is 13.5 Å². The summed E-state index contributed by atoms with van der Waals surface area (Å²) < 4.78 is 6.89. The molecule has 2 N–H and O–H groups in total. The van der Waals surface area contributed by atoms with Crippen LogP contribution in [0, 0.1) is 6.92 Å². The predicted molar refractivity (Wildman–Crippen MR) is 85.1 cm³/mol. The Morgan fingerprint density at radius 1 is 1.38 bits per heavy atom. The fourth-order valence-electron chi connectivity index (χ4n) is 2.23. The third-order valence-corrected chi connectivity index (χ3v) is 4.32. The van der Waals surface area contributed by atoms with Crippen LogP contribution in [0.1, 0.15) is 11.3 Å². The molecule has 0 aliphatic rings. The van der Waals surface area contributed by atoms with Crippen LogP contribution in [0.5, 0.6) is 5.75 Å². The number of aryl methyl sites for hydroxylation is 1. The SMILES string of the molecule is COc1ccc2cc(Cn3c(C)csc3=O)c(N)nc2c1. The van der Waals surface area contributed by atoms with Gasteiger partial charge in [0.2, 0.25) is 0 Å². The van der Waals surface area contributed by atoms with Crippen molar-refractivity contribution < 1.29 is 4.74 Å². The van der Waals surface area contributed by atoms with Crippen LogP contribution in [0.2, 0.25) is 0 Å². The van der Waals surface area contributed by atoms with Crippen molar-refractivity contribution in [1.29, 1.82) is 0 Å². The lowest BCUT2D eigenvalue weighted by Gasteiger charge is -2.10. The van der Waals surface area contributed by atoms with E-state index in [-0.39, 0.29) is 4.87 Å². The molecule has 21 heavy (non-hydrogen) atoms. The van der Waals surface area contributed by atoms with Crippen LogP contribution in [-0.2, 0) is 6.54 Å². The van der Waals surface area contributed by atoms with E-state index in [0.29, 0.717) is 12.4 Å². The van der Waals surface area contributed by atoms with E-state index in [1.165, 1.54) is 11.3 Å². The molecule has 5 nitrogen and oxygen atoms in total. The Labute approximate surface area is 125 Å². The molecule has 0 aliphatic carbocycles. The first-order valence-corrected chi connectivity index (χ1v) is 7.34. The van der Waals surface area contributed by atoms with Crippen molar-refractivity contribution in [2.75, 3.05) is 12.8 Å². The third-order valence-electron chi connectivity index (χ3n) is 3.44. The maximum absolute atomic E-state index is 11.8. The number of nitrogens with zero attached hydrogens (tertiary/aromatic N) is 2. The number of aromatic nitrogens is 2.